The van der Waals surface area contributed by atoms with Crippen LogP contribution in [0.25, 0.3) is 0 Å². The predicted molar refractivity (Wildman–Crippen MR) is 107 cm³/mol. The third-order valence-electron chi connectivity index (χ3n) is 3.48. The highest BCUT2D eigenvalue weighted by molar-refractivity contribution is 6.01. The number of hydrogen-bond acceptors (Lipinski definition) is 5. The highest BCUT2D eigenvalue weighted by Gasteiger charge is 2.36. The maximum absolute atomic E-state index is 12.7. The zero-order valence-electron chi connectivity index (χ0n) is 17.3. The Labute approximate surface area is 166 Å². The van der Waals surface area contributed by atoms with Crippen LogP contribution in [0.3, 0.4) is 0 Å². The van der Waals surface area contributed by atoms with Crippen molar-refractivity contribution in [2.45, 2.75) is 58.7 Å². The Balaban J connectivity index is 2.26. The summed E-state index contributed by atoms with van der Waals surface area (Å²) in [5.41, 5.74) is -0.939. The lowest BCUT2D eigenvalue weighted by molar-refractivity contribution is -0.169. The molecule has 0 bridgehead atoms. The third kappa shape index (κ3) is 6.72. The van der Waals surface area contributed by atoms with Crippen LogP contribution in [-0.2, 0) is 19.1 Å². The highest BCUT2D eigenvalue weighted by atomic mass is 16.6. The normalized spacial score (nSPS) is 11.8. The summed E-state index contributed by atoms with van der Waals surface area (Å²) in [5.74, 6) is -1.14. The molecule has 0 aliphatic rings. The molecule has 0 spiro atoms. The molecule has 2 rings (SSSR count). The fourth-order valence-electron chi connectivity index (χ4n) is 2.44. The first-order valence-corrected chi connectivity index (χ1v) is 9.23. The van der Waals surface area contributed by atoms with Gasteiger partial charge in [-0.15, -0.1) is 0 Å². The van der Waals surface area contributed by atoms with Gasteiger partial charge in [-0.1, -0.05) is 30.3 Å². The van der Waals surface area contributed by atoms with Crippen molar-refractivity contribution in [2.75, 3.05) is 0 Å². The summed E-state index contributed by atoms with van der Waals surface area (Å²) >= 11 is 0. The van der Waals surface area contributed by atoms with Gasteiger partial charge in [-0.2, -0.15) is 0 Å². The van der Waals surface area contributed by atoms with Crippen LogP contribution in [0.1, 0.15) is 53.0 Å². The zero-order chi connectivity index (χ0) is 20.9. The van der Waals surface area contributed by atoms with E-state index in [-0.39, 0.29) is 0 Å². The molecule has 28 heavy (non-hydrogen) atoms. The SMILES string of the molecule is CC(C)(C)OC(=O)C(C(=O)OC(C)(C)C)c1ccc(Oc2ccccc2)cc1. The number of ether oxygens (including phenoxy) is 3. The zero-order valence-corrected chi connectivity index (χ0v) is 17.3. The molecule has 0 heterocycles. The molecule has 5 nitrogen and oxygen atoms in total. The summed E-state index contributed by atoms with van der Waals surface area (Å²) in [6.45, 7) is 10.5. The maximum Gasteiger partial charge on any atom is 0.325 e. The van der Waals surface area contributed by atoms with E-state index in [0.29, 0.717) is 17.1 Å². The van der Waals surface area contributed by atoms with Crippen molar-refractivity contribution in [3.05, 3.63) is 60.2 Å². The Morgan fingerprint density at radius 2 is 1.11 bits per heavy atom. The van der Waals surface area contributed by atoms with Crippen molar-refractivity contribution in [2.24, 2.45) is 0 Å². The number of hydrogen-bond donors (Lipinski definition) is 0. The highest BCUT2D eigenvalue weighted by Crippen LogP contribution is 2.28. The third-order valence-corrected chi connectivity index (χ3v) is 3.48. The molecule has 0 saturated heterocycles. The van der Waals surface area contributed by atoms with Crippen molar-refractivity contribution < 1.29 is 23.8 Å². The molecule has 0 radical (unpaired) electrons. The van der Waals surface area contributed by atoms with Gasteiger partial charge >= 0.3 is 11.9 Å². The van der Waals surface area contributed by atoms with E-state index in [4.69, 9.17) is 14.2 Å². The largest absolute Gasteiger partial charge is 0.459 e. The lowest BCUT2D eigenvalue weighted by Crippen LogP contribution is -2.35. The monoisotopic (exact) mass is 384 g/mol. The van der Waals surface area contributed by atoms with Gasteiger partial charge in [-0.25, -0.2) is 0 Å². The predicted octanol–water partition coefficient (Wildman–Crippen LogP) is 5.25. The van der Waals surface area contributed by atoms with Gasteiger partial charge < -0.3 is 14.2 Å². The molecule has 2 aromatic rings. The molecule has 0 aromatic heterocycles. The van der Waals surface area contributed by atoms with Crippen molar-refractivity contribution >= 4 is 11.9 Å². The average Bonchev–Trinajstić information content (AvgIpc) is 2.54. The van der Waals surface area contributed by atoms with E-state index >= 15 is 0 Å². The molecule has 0 N–H and O–H groups in total. The Hall–Kier alpha value is -2.82. The van der Waals surface area contributed by atoms with Crippen LogP contribution in [0.5, 0.6) is 11.5 Å². The van der Waals surface area contributed by atoms with Crippen LogP contribution >= 0.6 is 0 Å². The fourth-order valence-corrected chi connectivity index (χ4v) is 2.44. The molecule has 0 saturated carbocycles. The second kappa shape index (κ2) is 8.46. The van der Waals surface area contributed by atoms with Gasteiger partial charge in [0.2, 0.25) is 0 Å². The Kier molecular flexibility index (Phi) is 6.49. The molecule has 0 unspecified atom stereocenters. The second-order valence-corrected chi connectivity index (χ2v) is 8.48. The van der Waals surface area contributed by atoms with E-state index in [9.17, 15) is 9.59 Å². The summed E-state index contributed by atoms with van der Waals surface area (Å²) < 4.78 is 16.7. The number of carbonyl (C=O) groups is 2. The number of esters is 2. The van der Waals surface area contributed by atoms with Gasteiger partial charge in [-0.3, -0.25) is 9.59 Å². The molecule has 0 atom stereocenters. The summed E-state index contributed by atoms with van der Waals surface area (Å²) in [6.07, 6.45) is 0. The molecule has 150 valence electrons. The molecular formula is C23H28O5. The van der Waals surface area contributed by atoms with Crippen molar-refractivity contribution in [3.63, 3.8) is 0 Å². The van der Waals surface area contributed by atoms with E-state index in [1.54, 1.807) is 65.8 Å². The van der Waals surface area contributed by atoms with E-state index in [1.807, 2.05) is 30.3 Å². The van der Waals surface area contributed by atoms with E-state index in [1.165, 1.54) is 0 Å². The van der Waals surface area contributed by atoms with Crippen molar-refractivity contribution in [1.82, 2.24) is 0 Å². The van der Waals surface area contributed by atoms with Gasteiger partial charge in [0, 0.05) is 0 Å². The minimum Gasteiger partial charge on any atom is -0.459 e. The first-order valence-electron chi connectivity index (χ1n) is 9.23. The summed E-state index contributed by atoms with van der Waals surface area (Å²) in [4.78, 5) is 25.4. The first-order chi connectivity index (χ1) is 12.9. The minimum absolute atomic E-state index is 0.490. The molecule has 0 amide bonds. The van der Waals surface area contributed by atoms with E-state index < -0.39 is 29.1 Å². The van der Waals surface area contributed by atoms with Crippen LogP contribution in [-0.4, -0.2) is 23.1 Å². The van der Waals surface area contributed by atoms with Crippen LogP contribution < -0.4 is 4.74 Å². The van der Waals surface area contributed by atoms with Gasteiger partial charge in [0.25, 0.3) is 0 Å². The Morgan fingerprint density at radius 1 is 0.679 bits per heavy atom. The summed E-state index contributed by atoms with van der Waals surface area (Å²) in [6, 6.07) is 16.1. The van der Waals surface area contributed by atoms with Crippen LogP contribution in [0, 0.1) is 0 Å². The van der Waals surface area contributed by atoms with Gasteiger partial charge in [0.15, 0.2) is 5.92 Å². The quantitative estimate of drug-likeness (QED) is 0.521. The average molecular weight is 384 g/mol. The van der Waals surface area contributed by atoms with Crippen molar-refractivity contribution in [1.29, 1.82) is 0 Å². The van der Waals surface area contributed by atoms with E-state index in [2.05, 4.69) is 0 Å². The van der Waals surface area contributed by atoms with Crippen LogP contribution in [0.15, 0.2) is 54.6 Å². The smallest absolute Gasteiger partial charge is 0.325 e. The topological polar surface area (TPSA) is 61.8 Å². The van der Waals surface area contributed by atoms with Gasteiger partial charge in [0.05, 0.1) is 0 Å². The number of benzene rings is 2. The van der Waals surface area contributed by atoms with Crippen molar-refractivity contribution in [3.8, 4) is 11.5 Å². The van der Waals surface area contributed by atoms with Crippen LogP contribution in [0.4, 0.5) is 0 Å². The fraction of sp³-hybridized carbons (Fsp3) is 0.391. The maximum atomic E-state index is 12.7. The number of carbonyl (C=O) groups excluding carboxylic acids is 2. The summed E-state index contributed by atoms with van der Waals surface area (Å²) in [5, 5.41) is 0. The number of para-hydroxylation sites is 1. The molecule has 0 aliphatic heterocycles. The molecule has 2 aromatic carbocycles. The molecule has 5 heteroatoms. The Bertz CT molecular complexity index is 768. The Morgan fingerprint density at radius 3 is 1.54 bits per heavy atom. The lowest BCUT2D eigenvalue weighted by atomic mass is 9.98. The second-order valence-electron chi connectivity index (χ2n) is 8.48. The number of rotatable bonds is 5. The van der Waals surface area contributed by atoms with E-state index in [0.717, 1.165) is 0 Å². The standard InChI is InChI=1S/C23H28O5/c1-22(2,3)27-20(24)19(21(25)28-23(4,5)6)16-12-14-18(15-13-16)26-17-10-8-7-9-11-17/h7-15,19H,1-6H3. The first kappa shape index (κ1) is 21.5. The molecule has 0 fully saturated rings. The molecular weight excluding hydrogens is 356 g/mol. The lowest BCUT2D eigenvalue weighted by Gasteiger charge is -2.26. The van der Waals surface area contributed by atoms with Gasteiger partial charge in [-0.05, 0) is 71.4 Å². The van der Waals surface area contributed by atoms with Crippen LogP contribution in [0.2, 0.25) is 0 Å². The minimum atomic E-state index is -1.16. The summed E-state index contributed by atoms with van der Waals surface area (Å²) in [7, 11) is 0. The molecule has 0 aliphatic carbocycles. The van der Waals surface area contributed by atoms with Gasteiger partial charge in [0.1, 0.15) is 22.7 Å².